The number of hydrogen-bond donors (Lipinski definition) is 2. The zero-order valence-electron chi connectivity index (χ0n) is 10.8. The molecule has 0 fully saturated rings. The van der Waals surface area contributed by atoms with Gasteiger partial charge in [0.15, 0.2) is 0 Å². The highest BCUT2D eigenvalue weighted by Gasteiger charge is 2.12. The van der Waals surface area contributed by atoms with E-state index in [1.807, 2.05) is 31.2 Å². The fourth-order valence-electron chi connectivity index (χ4n) is 1.75. The summed E-state index contributed by atoms with van der Waals surface area (Å²) in [7, 11) is 0. The summed E-state index contributed by atoms with van der Waals surface area (Å²) in [6, 6.07) is 6.90. The van der Waals surface area contributed by atoms with Crippen LogP contribution in [0.1, 0.15) is 19.8 Å². The van der Waals surface area contributed by atoms with Gasteiger partial charge in [-0.25, -0.2) is 4.68 Å². The van der Waals surface area contributed by atoms with E-state index in [1.54, 1.807) is 17.1 Å². The van der Waals surface area contributed by atoms with E-state index in [2.05, 4.69) is 15.6 Å². The Morgan fingerprint density at radius 1 is 1.53 bits per heavy atom. The number of aromatic nitrogens is 3. The average molecular weight is 259 g/mol. The summed E-state index contributed by atoms with van der Waals surface area (Å²) < 4.78 is 1.63. The minimum Gasteiger partial charge on any atom is -0.325 e. The number of benzene rings is 1. The van der Waals surface area contributed by atoms with Gasteiger partial charge in [-0.3, -0.25) is 4.79 Å². The number of carbonyl (C=O) groups excluding carboxylic acids is 1. The zero-order chi connectivity index (χ0) is 13.7. The molecule has 6 nitrogen and oxygen atoms in total. The van der Waals surface area contributed by atoms with Crippen molar-refractivity contribution < 1.29 is 4.79 Å². The van der Waals surface area contributed by atoms with Crippen LogP contribution in [0, 0.1) is 0 Å². The monoisotopic (exact) mass is 259 g/mol. The van der Waals surface area contributed by atoms with Crippen LogP contribution in [0.15, 0.2) is 36.7 Å². The van der Waals surface area contributed by atoms with Crippen molar-refractivity contribution in [2.24, 2.45) is 5.73 Å². The van der Waals surface area contributed by atoms with Crippen LogP contribution in [0.25, 0.3) is 5.69 Å². The smallest absolute Gasteiger partial charge is 0.241 e. The first-order valence-corrected chi connectivity index (χ1v) is 6.24. The van der Waals surface area contributed by atoms with Gasteiger partial charge in [0, 0.05) is 5.69 Å². The number of carbonyl (C=O) groups is 1. The molecule has 0 saturated heterocycles. The van der Waals surface area contributed by atoms with Crippen LogP contribution < -0.4 is 11.1 Å². The molecule has 1 unspecified atom stereocenters. The fraction of sp³-hybridized carbons (Fsp3) is 0.308. The number of nitrogens with zero attached hydrogens (tertiary/aromatic N) is 3. The number of nitrogens with two attached hydrogens (primary N) is 1. The van der Waals surface area contributed by atoms with E-state index in [9.17, 15) is 4.79 Å². The minimum absolute atomic E-state index is 0.169. The molecule has 2 aromatic rings. The Kier molecular flexibility index (Phi) is 4.25. The lowest BCUT2D eigenvalue weighted by Gasteiger charge is -2.11. The molecule has 1 amide bonds. The van der Waals surface area contributed by atoms with E-state index >= 15 is 0 Å². The molecule has 1 aromatic carbocycles. The van der Waals surface area contributed by atoms with Gasteiger partial charge in [0.05, 0.1) is 24.1 Å². The molecule has 1 heterocycles. The Hall–Kier alpha value is -2.21. The maximum Gasteiger partial charge on any atom is 0.241 e. The van der Waals surface area contributed by atoms with Crippen molar-refractivity contribution in [1.82, 2.24) is 15.0 Å². The van der Waals surface area contributed by atoms with Crippen LogP contribution in [-0.2, 0) is 4.79 Å². The van der Waals surface area contributed by atoms with Crippen molar-refractivity contribution >= 4 is 11.6 Å². The fourth-order valence-corrected chi connectivity index (χ4v) is 1.75. The van der Waals surface area contributed by atoms with Crippen molar-refractivity contribution in [3.63, 3.8) is 0 Å². The Balaban J connectivity index is 2.09. The summed E-state index contributed by atoms with van der Waals surface area (Å²) in [4.78, 5) is 11.8. The first-order chi connectivity index (χ1) is 9.20. The van der Waals surface area contributed by atoms with Crippen molar-refractivity contribution in [2.75, 3.05) is 5.32 Å². The lowest BCUT2D eigenvalue weighted by atomic mass is 10.1. The third-order valence-electron chi connectivity index (χ3n) is 2.74. The highest BCUT2D eigenvalue weighted by molar-refractivity contribution is 5.94. The van der Waals surface area contributed by atoms with Crippen LogP contribution in [0.2, 0.25) is 0 Å². The molecular weight excluding hydrogens is 242 g/mol. The largest absolute Gasteiger partial charge is 0.325 e. The summed E-state index contributed by atoms with van der Waals surface area (Å²) in [5.41, 5.74) is 7.30. The molecule has 3 N–H and O–H groups in total. The van der Waals surface area contributed by atoms with Crippen molar-refractivity contribution in [2.45, 2.75) is 25.8 Å². The molecule has 2 rings (SSSR count). The first kappa shape index (κ1) is 13.2. The lowest BCUT2D eigenvalue weighted by Crippen LogP contribution is -2.35. The first-order valence-electron chi connectivity index (χ1n) is 6.24. The standard InChI is InChI=1S/C13H17N5O/c1-2-4-12(14)13(19)16-10-5-3-6-11(9-10)18-8-7-15-17-18/h3,5-9,12H,2,4,14H2,1H3,(H,16,19). The second kappa shape index (κ2) is 6.10. The third-order valence-corrected chi connectivity index (χ3v) is 2.74. The second-order valence-electron chi connectivity index (χ2n) is 4.28. The molecule has 100 valence electrons. The van der Waals surface area contributed by atoms with E-state index in [0.29, 0.717) is 12.1 Å². The maximum atomic E-state index is 11.8. The van der Waals surface area contributed by atoms with Gasteiger partial charge in [-0.05, 0) is 24.6 Å². The molecule has 0 aliphatic rings. The van der Waals surface area contributed by atoms with E-state index < -0.39 is 6.04 Å². The van der Waals surface area contributed by atoms with Gasteiger partial charge in [0.1, 0.15) is 0 Å². The normalized spacial score (nSPS) is 12.1. The molecule has 0 bridgehead atoms. The van der Waals surface area contributed by atoms with Crippen LogP contribution in [0.3, 0.4) is 0 Å². The summed E-state index contributed by atoms with van der Waals surface area (Å²) in [6.07, 6.45) is 4.90. The van der Waals surface area contributed by atoms with E-state index in [-0.39, 0.29) is 5.91 Å². The van der Waals surface area contributed by atoms with Crippen LogP contribution in [-0.4, -0.2) is 26.9 Å². The van der Waals surface area contributed by atoms with Gasteiger partial charge in [-0.15, -0.1) is 5.10 Å². The van der Waals surface area contributed by atoms with Gasteiger partial charge in [0.25, 0.3) is 0 Å². The Bertz CT molecular complexity index is 538. The lowest BCUT2D eigenvalue weighted by molar-refractivity contribution is -0.117. The topological polar surface area (TPSA) is 85.8 Å². The maximum absolute atomic E-state index is 11.8. The molecule has 1 aromatic heterocycles. The highest BCUT2D eigenvalue weighted by Crippen LogP contribution is 2.14. The highest BCUT2D eigenvalue weighted by atomic mass is 16.2. The van der Waals surface area contributed by atoms with Crippen molar-refractivity contribution in [3.05, 3.63) is 36.7 Å². The molecule has 0 spiro atoms. The van der Waals surface area contributed by atoms with Crippen LogP contribution in [0.5, 0.6) is 0 Å². The Labute approximate surface area is 111 Å². The SMILES string of the molecule is CCCC(N)C(=O)Nc1cccc(-n2ccnn2)c1. The van der Waals surface area contributed by atoms with Crippen molar-refractivity contribution in [3.8, 4) is 5.69 Å². The van der Waals surface area contributed by atoms with E-state index in [0.717, 1.165) is 12.1 Å². The van der Waals surface area contributed by atoms with Gasteiger partial charge in [-0.1, -0.05) is 24.6 Å². The summed E-state index contributed by atoms with van der Waals surface area (Å²) in [5.74, 6) is -0.169. The average Bonchev–Trinajstić information content (AvgIpc) is 2.93. The van der Waals surface area contributed by atoms with Gasteiger partial charge >= 0.3 is 0 Å². The number of hydrogen-bond acceptors (Lipinski definition) is 4. The molecular formula is C13H17N5O. The van der Waals surface area contributed by atoms with Gasteiger partial charge in [0.2, 0.25) is 5.91 Å². The molecule has 0 aliphatic carbocycles. The predicted octanol–water partition coefficient (Wildman–Crippen LogP) is 1.33. The Morgan fingerprint density at radius 2 is 2.37 bits per heavy atom. The molecule has 0 aliphatic heterocycles. The number of nitrogens with one attached hydrogen (secondary N) is 1. The zero-order valence-corrected chi connectivity index (χ0v) is 10.8. The number of amides is 1. The summed E-state index contributed by atoms with van der Waals surface area (Å²) in [6.45, 7) is 2.00. The van der Waals surface area contributed by atoms with Crippen LogP contribution in [0.4, 0.5) is 5.69 Å². The molecule has 0 saturated carbocycles. The summed E-state index contributed by atoms with van der Waals surface area (Å²) >= 11 is 0. The summed E-state index contributed by atoms with van der Waals surface area (Å²) in [5, 5.41) is 10.5. The number of anilines is 1. The molecule has 6 heteroatoms. The van der Waals surface area contributed by atoms with Crippen LogP contribution >= 0.6 is 0 Å². The quantitative estimate of drug-likeness (QED) is 0.848. The molecule has 0 radical (unpaired) electrons. The molecule has 19 heavy (non-hydrogen) atoms. The third kappa shape index (κ3) is 3.38. The molecule has 1 atom stereocenters. The Morgan fingerprint density at radius 3 is 3.05 bits per heavy atom. The predicted molar refractivity (Wildman–Crippen MR) is 72.9 cm³/mol. The van der Waals surface area contributed by atoms with Crippen molar-refractivity contribution in [1.29, 1.82) is 0 Å². The second-order valence-corrected chi connectivity index (χ2v) is 4.28. The van der Waals surface area contributed by atoms with E-state index in [1.165, 1.54) is 0 Å². The minimum atomic E-state index is -0.472. The van der Waals surface area contributed by atoms with E-state index in [4.69, 9.17) is 5.73 Å². The van der Waals surface area contributed by atoms with Gasteiger partial charge in [-0.2, -0.15) is 0 Å². The van der Waals surface area contributed by atoms with Gasteiger partial charge < -0.3 is 11.1 Å². The number of rotatable bonds is 5.